The average molecular weight is 232 g/mol. The Morgan fingerprint density at radius 3 is 2.94 bits per heavy atom. The van der Waals surface area contributed by atoms with Crippen molar-refractivity contribution in [3.63, 3.8) is 0 Å². The van der Waals surface area contributed by atoms with E-state index in [2.05, 4.69) is 10.1 Å². The van der Waals surface area contributed by atoms with Crippen LogP contribution in [0, 0.1) is 17.1 Å². The van der Waals surface area contributed by atoms with Gasteiger partial charge in [-0.15, -0.1) is 0 Å². The van der Waals surface area contributed by atoms with Crippen molar-refractivity contribution in [2.45, 2.75) is 6.61 Å². The third kappa shape index (κ3) is 2.39. The van der Waals surface area contributed by atoms with Gasteiger partial charge in [0.2, 0.25) is 0 Å². The third-order valence-corrected chi connectivity index (χ3v) is 2.22. The van der Waals surface area contributed by atoms with E-state index in [-0.39, 0.29) is 17.9 Å². The topological polar surface area (TPSA) is 63.7 Å². The van der Waals surface area contributed by atoms with E-state index >= 15 is 0 Å². The molecule has 1 aromatic carbocycles. The van der Waals surface area contributed by atoms with E-state index in [9.17, 15) is 4.39 Å². The molecule has 6 heteroatoms. The lowest BCUT2D eigenvalue weighted by molar-refractivity contribution is 0.275. The lowest BCUT2D eigenvalue weighted by Gasteiger charge is -2.06. The number of nitriles is 1. The molecule has 0 aliphatic heterocycles. The van der Waals surface area contributed by atoms with Crippen LogP contribution in [0.5, 0.6) is 5.75 Å². The molecule has 0 atom stereocenters. The van der Waals surface area contributed by atoms with Crippen molar-refractivity contribution in [2.24, 2.45) is 7.05 Å². The second kappa shape index (κ2) is 4.61. The van der Waals surface area contributed by atoms with E-state index < -0.39 is 5.82 Å². The maximum absolute atomic E-state index is 13.4. The SMILES string of the molecule is Cn1ncnc1COc1ccc(C#N)cc1F. The Morgan fingerprint density at radius 1 is 1.53 bits per heavy atom. The number of hydrogen-bond donors (Lipinski definition) is 0. The van der Waals surface area contributed by atoms with Gasteiger partial charge in [-0.05, 0) is 18.2 Å². The summed E-state index contributed by atoms with van der Waals surface area (Å²) in [6, 6.07) is 5.90. The number of aromatic nitrogens is 3. The van der Waals surface area contributed by atoms with Crippen LogP contribution in [0.2, 0.25) is 0 Å². The second-order valence-corrected chi connectivity index (χ2v) is 3.35. The highest BCUT2D eigenvalue weighted by atomic mass is 19.1. The van der Waals surface area contributed by atoms with E-state index in [1.165, 1.54) is 18.5 Å². The molecule has 0 amide bonds. The monoisotopic (exact) mass is 232 g/mol. The van der Waals surface area contributed by atoms with Gasteiger partial charge in [-0.3, -0.25) is 4.68 Å². The van der Waals surface area contributed by atoms with Gasteiger partial charge in [-0.25, -0.2) is 9.37 Å². The van der Waals surface area contributed by atoms with Crippen LogP contribution in [-0.2, 0) is 13.7 Å². The van der Waals surface area contributed by atoms with Gasteiger partial charge in [0, 0.05) is 7.05 Å². The number of nitrogens with zero attached hydrogens (tertiary/aromatic N) is 4. The number of hydrogen-bond acceptors (Lipinski definition) is 4. The molecule has 0 aliphatic carbocycles. The molecule has 17 heavy (non-hydrogen) atoms. The Hall–Kier alpha value is -2.42. The zero-order chi connectivity index (χ0) is 12.3. The summed E-state index contributed by atoms with van der Waals surface area (Å²) in [7, 11) is 1.72. The van der Waals surface area contributed by atoms with E-state index in [0.717, 1.165) is 6.07 Å². The summed E-state index contributed by atoms with van der Waals surface area (Å²) < 4.78 is 20.2. The molecule has 0 saturated heterocycles. The van der Waals surface area contributed by atoms with Crippen LogP contribution < -0.4 is 4.74 Å². The molecule has 0 aliphatic rings. The van der Waals surface area contributed by atoms with Crippen molar-refractivity contribution < 1.29 is 9.13 Å². The van der Waals surface area contributed by atoms with Crippen LogP contribution in [0.1, 0.15) is 11.4 Å². The molecule has 0 unspecified atom stereocenters. The second-order valence-electron chi connectivity index (χ2n) is 3.35. The summed E-state index contributed by atoms with van der Waals surface area (Å²) in [5.74, 6) is 0.118. The summed E-state index contributed by atoms with van der Waals surface area (Å²) in [5, 5.41) is 12.5. The molecule has 1 heterocycles. The number of rotatable bonds is 3. The quantitative estimate of drug-likeness (QED) is 0.802. The van der Waals surface area contributed by atoms with Gasteiger partial charge in [0.1, 0.15) is 12.9 Å². The molecule has 0 spiro atoms. The minimum Gasteiger partial charge on any atom is -0.483 e. The number of aryl methyl sites for hydroxylation is 1. The summed E-state index contributed by atoms with van der Waals surface area (Å²) in [6.07, 6.45) is 1.40. The van der Waals surface area contributed by atoms with Gasteiger partial charge < -0.3 is 4.74 Å². The van der Waals surface area contributed by atoms with Crippen LogP contribution in [0.3, 0.4) is 0 Å². The molecule has 0 radical (unpaired) electrons. The predicted molar refractivity (Wildman–Crippen MR) is 56.5 cm³/mol. The Morgan fingerprint density at radius 2 is 2.35 bits per heavy atom. The van der Waals surface area contributed by atoms with Crippen LogP contribution in [-0.4, -0.2) is 14.8 Å². The molecule has 5 nitrogen and oxygen atoms in total. The molecule has 1 aromatic heterocycles. The van der Waals surface area contributed by atoms with E-state index in [4.69, 9.17) is 10.00 Å². The van der Waals surface area contributed by atoms with Gasteiger partial charge in [0.05, 0.1) is 11.6 Å². The fraction of sp³-hybridized carbons (Fsp3) is 0.182. The average Bonchev–Trinajstić information content (AvgIpc) is 2.73. The standard InChI is InChI=1S/C11H9FN4O/c1-16-11(14-7-15-16)6-17-10-3-2-8(5-13)4-9(10)12/h2-4,7H,6H2,1H3. The maximum Gasteiger partial charge on any atom is 0.166 e. The minimum atomic E-state index is -0.564. The lowest BCUT2D eigenvalue weighted by atomic mass is 10.2. The van der Waals surface area contributed by atoms with Crippen molar-refractivity contribution in [3.8, 4) is 11.8 Å². The molecule has 2 rings (SSSR count). The van der Waals surface area contributed by atoms with E-state index in [1.807, 2.05) is 6.07 Å². The van der Waals surface area contributed by atoms with Gasteiger partial charge in [-0.1, -0.05) is 0 Å². The molecule has 0 bridgehead atoms. The Bertz CT molecular complexity index is 573. The molecular formula is C11H9FN4O. The Kier molecular flexibility index (Phi) is 3.01. The lowest BCUT2D eigenvalue weighted by Crippen LogP contribution is -2.05. The minimum absolute atomic E-state index is 0.0898. The summed E-state index contributed by atoms with van der Waals surface area (Å²) in [4.78, 5) is 3.95. The summed E-state index contributed by atoms with van der Waals surface area (Å²) >= 11 is 0. The number of benzene rings is 1. The van der Waals surface area contributed by atoms with Crippen LogP contribution in [0.15, 0.2) is 24.5 Å². The predicted octanol–water partition coefficient (Wildman–Crippen LogP) is 1.40. The molecule has 0 saturated carbocycles. The first-order valence-electron chi connectivity index (χ1n) is 4.86. The van der Waals surface area contributed by atoms with Crippen LogP contribution >= 0.6 is 0 Å². The Labute approximate surface area is 97.1 Å². The smallest absolute Gasteiger partial charge is 0.166 e. The first-order valence-corrected chi connectivity index (χ1v) is 4.86. The highest BCUT2D eigenvalue weighted by Gasteiger charge is 2.07. The first-order chi connectivity index (χ1) is 8.20. The van der Waals surface area contributed by atoms with Crippen LogP contribution in [0.25, 0.3) is 0 Å². The van der Waals surface area contributed by atoms with E-state index in [1.54, 1.807) is 11.7 Å². The van der Waals surface area contributed by atoms with Crippen molar-refractivity contribution in [3.05, 3.63) is 41.7 Å². The zero-order valence-corrected chi connectivity index (χ0v) is 9.09. The first kappa shape index (κ1) is 11.1. The highest BCUT2D eigenvalue weighted by molar-refractivity contribution is 5.35. The molecule has 2 aromatic rings. The zero-order valence-electron chi connectivity index (χ0n) is 9.09. The fourth-order valence-electron chi connectivity index (χ4n) is 1.28. The maximum atomic E-state index is 13.4. The van der Waals surface area contributed by atoms with Crippen molar-refractivity contribution in [2.75, 3.05) is 0 Å². The largest absolute Gasteiger partial charge is 0.483 e. The van der Waals surface area contributed by atoms with Crippen molar-refractivity contribution in [1.29, 1.82) is 5.26 Å². The highest BCUT2D eigenvalue weighted by Crippen LogP contribution is 2.18. The summed E-state index contributed by atoms with van der Waals surface area (Å²) in [6.45, 7) is 0.124. The molecule has 0 N–H and O–H groups in total. The van der Waals surface area contributed by atoms with Gasteiger partial charge in [0.25, 0.3) is 0 Å². The third-order valence-electron chi connectivity index (χ3n) is 2.22. The fourth-order valence-corrected chi connectivity index (χ4v) is 1.28. The number of halogens is 1. The number of ether oxygens (including phenoxy) is 1. The van der Waals surface area contributed by atoms with Crippen molar-refractivity contribution >= 4 is 0 Å². The molecule has 0 fully saturated rings. The normalized spacial score (nSPS) is 9.94. The van der Waals surface area contributed by atoms with Crippen molar-refractivity contribution in [1.82, 2.24) is 14.8 Å². The van der Waals surface area contributed by atoms with Gasteiger partial charge in [-0.2, -0.15) is 10.4 Å². The van der Waals surface area contributed by atoms with Crippen LogP contribution in [0.4, 0.5) is 4.39 Å². The van der Waals surface area contributed by atoms with E-state index in [0.29, 0.717) is 5.82 Å². The Balaban J connectivity index is 2.10. The van der Waals surface area contributed by atoms with Gasteiger partial charge in [0.15, 0.2) is 17.4 Å². The summed E-state index contributed by atoms with van der Waals surface area (Å²) in [5.41, 5.74) is 0.258. The van der Waals surface area contributed by atoms with Gasteiger partial charge >= 0.3 is 0 Å². The molecule has 86 valence electrons. The molecular weight excluding hydrogens is 223 g/mol.